The van der Waals surface area contributed by atoms with E-state index < -0.39 is 5.60 Å². The summed E-state index contributed by atoms with van der Waals surface area (Å²) in [6, 6.07) is 0.187. The normalized spacial score (nSPS) is 19.4. The van der Waals surface area contributed by atoms with Gasteiger partial charge in [-0.05, 0) is 33.2 Å². The minimum atomic E-state index is -0.560. The van der Waals surface area contributed by atoms with Crippen molar-refractivity contribution >= 4 is 0 Å². The Morgan fingerprint density at radius 1 is 1.45 bits per heavy atom. The van der Waals surface area contributed by atoms with Gasteiger partial charge in [-0.25, -0.2) is 0 Å². The van der Waals surface area contributed by atoms with Crippen LogP contribution in [0.4, 0.5) is 0 Å². The molecule has 2 N–H and O–H groups in total. The Morgan fingerprint density at radius 3 is 2.36 bits per heavy atom. The van der Waals surface area contributed by atoms with Gasteiger partial charge in [0.2, 0.25) is 0 Å². The lowest BCUT2D eigenvalue weighted by atomic mass is 9.95. The van der Waals surface area contributed by atoms with Crippen molar-refractivity contribution in [3.05, 3.63) is 0 Å². The highest BCUT2D eigenvalue weighted by atomic mass is 16.3. The molecule has 0 aromatic heterocycles. The van der Waals surface area contributed by atoms with Crippen molar-refractivity contribution in [3.63, 3.8) is 0 Å². The topological polar surface area (TPSA) is 32.3 Å². The molecule has 0 aromatic rings. The lowest BCUT2D eigenvalue weighted by molar-refractivity contribution is 0.0220. The van der Waals surface area contributed by atoms with Crippen molar-refractivity contribution in [2.45, 2.75) is 52.2 Å². The van der Waals surface area contributed by atoms with Crippen LogP contribution >= 0.6 is 0 Å². The number of nitrogens with one attached hydrogen (secondary N) is 1. The zero-order valence-electron chi connectivity index (χ0n) is 8.15. The SMILES string of the molecule is CCCN[C@@H](C)[C@@](C)(O)CC. The Bertz CT molecular complexity index is 102. The molecule has 2 heteroatoms. The van der Waals surface area contributed by atoms with Crippen molar-refractivity contribution in [2.24, 2.45) is 0 Å². The molecule has 0 aromatic carbocycles. The van der Waals surface area contributed by atoms with Gasteiger partial charge in [-0.1, -0.05) is 13.8 Å². The predicted octanol–water partition coefficient (Wildman–Crippen LogP) is 1.54. The van der Waals surface area contributed by atoms with Crippen molar-refractivity contribution in [1.29, 1.82) is 0 Å². The van der Waals surface area contributed by atoms with Gasteiger partial charge in [-0.15, -0.1) is 0 Å². The molecule has 0 radical (unpaired) electrons. The first kappa shape index (κ1) is 10.9. The molecule has 0 saturated carbocycles. The first-order valence-corrected chi connectivity index (χ1v) is 4.50. The Hall–Kier alpha value is -0.0800. The predicted molar refractivity (Wildman–Crippen MR) is 48.7 cm³/mol. The molecule has 11 heavy (non-hydrogen) atoms. The third kappa shape index (κ3) is 3.73. The zero-order chi connectivity index (χ0) is 8.91. The van der Waals surface area contributed by atoms with Gasteiger partial charge in [0.15, 0.2) is 0 Å². The quantitative estimate of drug-likeness (QED) is 0.637. The van der Waals surface area contributed by atoms with Crippen molar-refractivity contribution in [3.8, 4) is 0 Å². The fourth-order valence-corrected chi connectivity index (χ4v) is 0.887. The summed E-state index contributed by atoms with van der Waals surface area (Å²) in [5.41, 5.74) is -0.560. The largest absolute Gasteiger partial charge is 0.389 e. The summed E-state index contributed by atoms with van der Waals surface area (Å²) in [6.45, 7) is 9.02. The molecule has 0 saturated heterocycles. The van der Waals surface area contributed by atoms with Crippen LogP contribution in [0.2, 0.25) is 0 Å². The summed E-state index contributed by atoms with van der Waals surface area (Å²) in [5.74, 6) is 0. The average Bonchev–Trinajstić information content (AvgIpc) is 2.00. The maximum atomic E-state index is 9.76. The Kier molecular flexibility index (Phi) is 4.69. The number of hydrogen-bond donors (Lipinski definition) is 2. The van der Waals surface area contributed by atoms with Crippen molar-refractivity contribution in [2.75, 3.05) is 6.54 Å². The van der Waals surface area contributed by atoms with E-state index in [1.165, 1.54) is 0 Å². The molecule has 0 aliphatic carbocycles. The van der Waals surface area contributed by atoms with Crippen LogP contribution in [0.1, 0.15) is 40.5 Å². The zero-order valence-corrected chi connectivity index (χ0v) is 8.15. The van der Waals surface area contributed by atoms with Crippen LogP contribution in [0.5, 0.6) is 0 Å². The Morgan fingerprint density at radius 2 is 2.00 bits per heavy atom. The molecule has 0 spiro atoms. The number of hydrogen-bond acceptors (Lipinski definition) is 2. The molecule has 0 fully saturated rings. The smallest absolute Gasteiger partial charge is 0.0766 e. The first-order chi connectivity index (χ1) is 5.04. The first-order valence-electron chi connectivity index (χ1n) is 4.50. The molecule has 0 unspecified atom stereocenters. The van der Waals surface area contributed by atoms with E-state index >= 15 is 0 Å². The lowest BCUT2D eigenvalue weighted by Crippen LogP contribution is -2.46. The van der Waals surface area contributed by atoms with Crippen LogP contribution < -0.4 is 5.32 Å². The number of aliphatic hydroxyl groups is 1. The fourth-order valence-electron chi connectivity index (χ4n) is 0.887. The second kappa shape index (κ2) is 4.73. The summed E-state index contributed by atoms with van der Waals surface area (Å²) in [6.07, 6.45) is 1.91. The van der Waals surface area contributed by atoms with Gasteiger partial charge < -0.3 is 10.4 Å². The Balaban J connectivity index is 3.71. The minimum Gasteiger partial charge on any atom is -0.389 e. The lowest BCUT2D eigenvalue weighted by Gasteiger charge is -2.29. The Labute approximate surface area is 70.0 Å². The maximum Gasteiger partial charge on any atom is 0.0766 e. The van der Waals surface area contributed by atoms with E-state index in [1.807, 2.05) is 20.8 Å². The molecular weight excluding hydrogens is 138 g/mol. The molecule has 2 nitrogen and oxygen atoms in total. The number of rotatable bonds is 5. The highest BCUT2D eigenvalue weighted by molar-refractivity contribution is 4.82. The van der Waals surface area contributed by atoms with Gasteiger partial charge in [0.05, 0.1) is 5.60 Å². The molecule has 0 heterocycles. The van der Waals surface area contributed by atoms with Crippen LogP contribution in [0.3, 0.4) is 0 Å². The van der Waals surface area contributed by atoms with Gasteiger partial charge in [-0.3, -0.25) is 0 Å². The van der Waals surface area contributed by atoms with E-state index in [2.05, 4.69) is 12.2 Å². The molecule has 68 valence electrons. The van der Waals surface area contributed by atoms with Gasteiger partial charge in [0, 0.05) is 6.04 Å². The molecule has 0 bridgehead atoms. The van der Waals surface area contributed by atoms with E-state index in [1.54, 1.807) is 0 Å². The molecular formula is C9H21NO. The molecule has 0 aliphatic heterocycles. The van der Waals surface area contributed by atoms with Crippen molar-refractivity contribution < 1.29 is 5.11 Å². The monoisotopic (exact) mass is 159 g/mol. The minimum absolute atomic E-state index is 0.187. The van der Waals surface area contributed by atoms with E-state index in [-0.39, 0.29) is 6.04 Å². The molecule has 0 amide bonds. The fraction of sp³-hybridized carbons (Fsp3) is 1.00. The van der Waals surface area contributed by atoms with E-state index in [0.717, 1.165) is 19.4 Å². The van der Waals surface area contributed by atoms with Crippen LogP contribution in [0.15, 0.2) is 0 Å². The third-order valence-electron chi connectivity index (χ3n) is 2.35. The second-order valence-electron chi connectivity index (χ2n) is 3.39. The van der Waals surface area contributed by atoms with E-state index in [9.17, 15) is 5.11 Å². The van der Waals surface area contributed by atoms with Gasteiger partial charge >= 0.3 is 0 Å². The van der Waals surface area contributed by atoms with Crippen LogP contribution in [0.25, 0.3) is 0 Å². The molecule has 0 rings (SSSR count). The average molecular weight is 159 g/mol. The summed E-state index contributed by atoms with van der Waals surface area (Å²) in [5, 5.41) is 13.0. The van der Waals surface area contributed by atoms with Crippen LogP contribution in [-0.4, -0.2) is 23.3 Å². The van der Waals surface area contributed by atoms with Crippen LogP contribution in [-0.2, 0) is 0 Å². The van der Waals surface area contributed by atoms with Crippen LogP contribution in [0, 0.1) is 0 Å². The summed E-state index contributed by atoms with van der Waals surface area (Å²) in [4.78, 5) is 0. The van der Waals surface area contributed by atoms with Crippen molar-refractivity contribution in [1.82, 2.24) is 5.32 Å². The molecule has 0 aliphatic rings. The summed E-state index contributed by atoms with van der Waals surface area (Å²) in [7, 11) is 0. The summed E-state index contributed by atoms with van der Waals surface area (Å²) < 4.78 is 0. The highest BCUT2D eigenvalue weighted by Crippen LogP contribution is 2.13. The van der Waals surface area contributed by atoms with Gasteiger partial charge in [-0.2, -0.15) is 0 Å². The maximum absolute atomic E-state index is 9.76. The third-order valence-corrected chi connectivity index (χ3v) is 2.35. The highest BCUT2D eigenvalue weighted by Gasteiger charge is 2.24. The molecule has 2 atom stereocenters. The van der Waals surface area contributed by atoms with E-state index in [4.69, 9.17) is 0 Å². The standard InChI is InChI=1S/C9H21NO/c1-5-7-10-8(3)9(4,11)6-2/h8,10-11H,5-7H2,1-4H3/t8-,9-/m0/s1. The van der Waals surface area contributed by atoms with Gasteiger partial charge in [0.1, 0.15) is 0 Å². The second-order valence-corrected chi connectivity index (χ2v) is 3.39. The van der Waals surface area contributed by atoms with E-state index in [0.29, 0.717) is 0 Å². The van der Waals surface area contributed by atoms with Gasteiger partial charge in [0.25, 0.3) is 0 Å². The summed E-state index contributed by atoms with van der Waals surface area (Å²) >= 11 is 0.